The molecule has 0 unspecified atom stereocenters. The first-order valence-electron chi connectivity index (χ1n) is 7.12. The number of carbonyl (C=O) groups excluding carboxylic acids is 1. The van der Waals surface area contributed by atoms with Gasteiger partial charge in [-0.2, -0.15) is 0 Å². The van der Waals surface area contributed by atoms with Crippen molar-refractivity contribution in [2.45, 2.75) is 65.1 Å². The van der Waals surface area contributed by atoms with Crippen molar-refractivity contribution in [1.29, 1.82) is 0 Å². The van der Waals surface area contributed by atoms with Gasteiger partial charge in [0.25, 0.3) is 0 Å². The molecular formula is C15H26OSi. The van der Waals surface area contributed by atoms with Crippen molar-refractivity contribution in [2.24, 2.45) is 11.3 Å². The lowest BCUT2D eigenvalue weighted by Crippen LogP contribution is -2.32. The molecule has 0 aromatic rings. The first-order valence-corrected chi connectivity index (χ1v) is 10.6. The molecular weight excluding hydrogens is 224 g/mol. The molecule has 0 saturated heterocycles. The van der Waals surface area contributed by atoms with Gasteiger partial charge in [-0.15, -0.1) is 0 Å². The highest BCUT2D eigenvalue weighted by Crippen LogP contribution is 2.48. The van der Waals surface area contributed by atoms with Gasteiger partial charge >= 0.3 is 0 Å². The number of allylic oxidation sites excluding steroid dienone is 2. The topological polar surface area (TPSA) is 17.1 Å². The minimum Gasteiger partial charge on any atom is -0.295 e. The first kappa shape index (κ1) is 13.1. The summed E-state index contributed by atoms with van der Waals surface area (Å²) in [5, 5.41) is 1.23. The third kappa shape index (κ3) is 2.42. The second kappa shape index (κ2) is 4.38. The normalized spacial score (nSPS) is 34.9. The number of hydrogen-bond donors (Lipinski definition) is 0. The van der Waals surface area contributed by atoms with E-state index in [0.29, 0.717) is 11.7 Å². The van der Waals surface area contributed by atoms with Gasteiger partial charge in [0.2, 0.25) is 0 Å². The van der Waals surface area contributed by atoms with Crippen LogP contribution >= 0.6 is 0 Å². The SMILES string of the molecule is C[C@@]12C=C([Si](C)(C)C)C(=O)[C@H]1CCCCCC2. The van der Waals surface area contributed by atoms with Crippen molar-refractivity contribution in [3.05, 3.63) is 11.3 Å². The summed E-state index contributed by atoms with van der Waals surface area (Å²) in [6.45, 7) is 9.24. The standard InChI is InChI=1S/C15H26OSi/c1-15-10-8-6-5-7-9-12(15)14(16)13(11-15)17(2,3)4/h11-12H,5-10H2,1-4H3/t12-,15-/m1/s1. The van der Waals surface area contributed by atoms with E-state index in [4.69, 9.17) is 0 Å². The van der Waals surface area contributed by atoms with Crippen LogP contribution in [0.5, 0.6) is 0 Å². The summed E-state index contributed by atoms with van der Waals surface area (Å²) in [7, 11) is -1.44. The van der Waals surface area contributed by atoms with E-state index >= 15 is 0 Å². The van der Waals surface area contributed by atoms with E-state index in [0.717, 1.165) is 6.42 Å². The highest BCUT2D eigenvalue weighted by molar-refractivity contribution is 6.87. The van der Waals surface area contributed by atoms with Gasteiger partial charge in [-0.1, -0.05) is 58.3 Å². The molecule has 0 bridgehead atoms. The molecule has 0 aliphatic heterocycles. The number of carbonyl (C=O) groups is 1. The van der Waals surface area contributed by atoms with Crippen LogP contribution in [-0.2, 0) is 4.79 Å². The van der Waals surface area contributed by atoms with Crippen molar-refractivity contribution in [2.75, 3.05) is 0 Å². The van der Waals surface area contributed by atoms with Crippen molar-refractivity contribution < 1.29 is 4.79 Å². The second-order valence-electron chi connectivity index (χ2n) is 7.18. The fraction of sp³-hybridized carbons (Fsp3) is 0.800. The maximum Gasteiger partial charge on any atom is 0.158 e. The Kier molecular flexibility index (Phi) is 3.37. The molecule has 0 radical (unpaired) electrons. The predicted molar refractivity (Wildman–Crippen MR) is 75.7 cm³/mol. The Bertz CT molecular complexity index is 350. The summed E-state index contributed by atoms with van der Waals surface area (Å²) < 4.78 is 0. The average Bonchev–Trinajstić information content (AvgIpc) is 2.41. The van der Waals surface area contributed by atoms with Crippen LogP contribution in [0.2, 0.25) is 19.6 Å². The zero-order valence-electron chi connectivity index (χ0n) is 11.8. The molecule has 0 aromatic carbocycles. The number of fused-ring (bicyclic) bond motifs is 1. The van der Waals surface area contributed by atoms with Crippen LogP contribution in [0, 0.1) is 11.3 Å². The van der Waals surface area contributed by atoms with E-state index in [1.807, 2.05) is 0 Å². The van der Waals surface area contributed by atoms with E-state index in [-0.39, 0.29) is 5.41 Å². The molecule has 2 rings (SSSR count). The third-order valence-electron chi connectivity index (χ3n) is 4.62. The maximum atomic E-state index is 12.6. The van der Waals surface area contributed by atoms with Gasteiger partial charge in [0.1, 0.15) is 0 Å². The molecule has 2 heteroatoms. The zero-order valence-corrected chi connectivity index (χ0v) is 12.8. The number of rotatable bonds is 1. The summed E-state index contributed by atoms with van der Waals surface area (Å²) in [4.78, 5) is 12.6. The Morgan fingerprint density at radius 3 is 2.47 bits per heavy atom. The first-order chi connectivity index (χ1) is 7.84. The van der Waals surface area contributed by atoms with Crippen LogP contribution in [-0.4, -0.2) is 13.9 Å². The van der Waals surface area contributed by atoms with Gasteiger partial charge < -0.3 is 0 Å². The lowest BCUT2D eigenvalue weighted by molar-refractivity contribution is -0.120. The van der Waals surface area contributed by atoms with E-state index in [1.54, 1.807) is 0 Å². The van der Waals surface area contributed by atoms with Gasteiger partial charge in [0.05, 0.1) is 8.07 Å². The molecule has 0 N–H and O–H groups in total. The van der Waals surface area contributed by atoms with E-state index < -0.39 is 8.07 Å². The Balaban J connectivity index is 2.32. The predicted octanol–water partition coefficient (Wildman–Crippen LogP) is 4.35. The highest BCUT2D eigenvalue weighted by atomic mass is 28.3. The minimum atomic E-state index is -1.44. The molecule has 0 aromatic heterocycles. The maximum absolute atomic E-state index is 12.6. The van der Waals surface area contributed by atoms with Crippen molar-refractivity contribution in [1.82, 2.24) is 0 Å². The molecule has 1 nitrogen and oxygen atoms in total. The zero-order chi connectivity index (χ0) is 12.7. The van der Waals surface area contributed by atoms with Crippen molar-refractivity contribution in [3.8, 4) is 0 Å². The molecule has 0 spiro atoms. The van der Waals surface area contributed by atoms with Gasteiger partial charge in [0.15, 0.2) is 5.78 Å². The van der Waals surface area contributed by atoms with Gasteiger partial charge in [-0.05, 0) is 23.5 Å². The Labute approximate surface area is 107 Å². The van der Waals surface area contributed by atoms with E-state index in [9.17, 15) is 4.79 Å². The summed E-state index contributed by atoms with van der Waals surface area (Å²) in [6.07, 6.45) is 9.96. The molecule has 2 atom stereocenters. The van der Waals surface area contributed by atoms with Crippen LogP contribution in [0.3, 0.4) is 0 Å². The molecule has 0 heterocycles. The molecule has 1 saturated carbocycles. The average molecular weight is 250 g/mol. The minimum absolute atomic E-state index is 0.188. The Hall–Kier alpha value is -0.373. The Morgan fingerprint density at radius 1 is 1.18 bits per heavy atom. The lowest BCUT2D eigenvalue weighted by Gasteiger charge is -2.31. The molecule has 0 amide bonds. The van der Waals surface area contributed by atoms with Gasteiger partial charge in [0, 0.05) is 5.92 Å². The Morgan fingerprint density at radius 2 is 1.82 bits per heavy atom. The van der Waals surface area contributed by atoms with Crippen LogP contribution in [0.25, 0.3) is 0 Å². The fourth-order valence-corrected chi connectivity index (χ4v) is 5.17. The largest absolute Gasteiger partial charge is 0.295 e. The number of hydrogen-bond acceptors (Lipinski definition) is 1. The second-order valence-corrected chi connectivity index (χ2v) is 12.2. The monoisotopic (exact) mass is 250 g/mol. The van der Waals surface area contributed by atoms with Crippen molar-refractivity contribution in [3.63, 3.8) is 0 Å². The summed E-state index contributed by atoms with van der Waals surface area (Å²) in [5.41, 5.74) is 0.188. The van der Waals surface area contributed by atoms with Crippen LogP contribution in [0.15, 0.2) is 11.3 Å². The number of Topliss-reactive ketones (excluding diaryl/α,β-unsaturated/α-hetero) is 1. The quantitative estimate of drug-likeness (QED) is 0.632. The van der Waals surface area contributed by atoms with Gasteiger partial charge in [-0.3, -0.25) is 4.79 Å². The fourth-order valence-electron chi connectivity index (χ4n) is 3.49. The summed E-state index contributed by atoms with van der Waals surface area (Å²) in [6, 6.07) is 0. The van der Waals surface area contributed by atoms with Gasteiger partial charge in [-0.25, -0.2) is 0 Å². The van der Waals surface area contributed by atoms with Crippen molar-refractivity contribution >= 4 is 13.9 Å². The lowest BCUT2D eigenvalue weighted by atomic mass is 9.72. The van der Waals surface area contributed by atoms with Crippen LogP contribution in [0.4, 0.5) is 0 Å². The van der Waals surface area contributed by atoms with E-state index in [1.165, 1.54) is 37.3 Å². The van der Waals surface area contributed by atoms with E-state index in [2.05, 4.69) is 32.6 Å². The summed E-state index contributed by atoms with van der Waals surface area (Å²) in [5.74, 6) is 0.818. The summed E-state index contributed by atoms with van der Waals surface area (Å²) >= 11 is 0. The molecule has 2 aliphatic rings. The number of ketones is 1. The van der Waals surface area contributed by atoms with Crippen LogP contribution < -0.4 is 0 Å². The van der Waals surface area contributed by atoms with Crippen LogP contribution in [0.1, 0.15) is 45.4 Å². The molecule has 2 aliphatic carbocycles. The molecule has 17 heavy (non-hydrogen) atoms. The third-order valence-corrected chi connectivity index (χ3v) is 6.63. The molecule has 1 fully saturated rings. The highest BCUT2D eigenvalue weighted by Gasteiger charge is 2.46. The smallest absolute Gasteiger partial charge is 0.158 e. The molecule has 96 valence electrons.